The summed E-state index contributed by atoms with van der Waals surface area (Å²) in [7, 11) is 0. The van der Waals surface area contributed by atoms with Crippen LogP contribution in [0.2, 0.25) is 0 Å². The van der Waals surface area contributed by atoms with E-state index in [1.54, 1.807) is 6.92 Å². The summed E-state index contributed by atoms with van der Waals surface area (Å²) >= 11 is 0. The van der Waals surface area contributed by atoms with E-state index in [-0.39, 0.29) is 29.0 Å². The van der Waals surface area contributed by atoms with Crippen molar-refractivity contribution in [2.24, 2.45) is 33.5 Å². The molecule has 0 aromatic heterocycles. The van der Waals surface area contributed by atoms with E-state index in [1.807, 2.05) is 0 Å². The number of fused-ring (bicyclic) bond motifs is 2. The predicted molar refractivity (Wildman–Crippen MR) is 97.9 cm³/mol. The van der Waals surface area contributed by atoms with Gasteiger partial charge in [-0.3, -0.25) is 4.79 Å². The molecule has 0 unspecified atom stereocenters. The Hall–Kier alpha value is -0.570. The van der Waals surface area contributed by atoms with E-state index in [1.165, 1.54) is 25.7 Å². The van der Waals surface area contributed by atoms with Crippen LogP contribution in [-0.4, -0.2) is 23.3 Å². The third kappa shape index (κ3) is 2.23. The lowest BCUT2D eigenvalue weighted by Gasteiger charge is -2.68. The number of carbonyl (C=O) groups is 1. The number of ether oxygens (including phenoxy) is 1. The first kappa shape index (κ1) is 17.8. The maximum Gasteiger partial charge on any atom is 0.302 e. The zero-order valence-electron chi connectivity index (χ0n) is 16.7. The fourth-order valence-corrected chi connectivity index (χ4v) is 8.21. The molecule has 0 aromatic rings. The van der Waals surface area contributed by atoms with Gasteiger partial charge in [-0.2, -0.15) is 0 Å². The van der Waals surface area contributed by atoms with E-state index >= 15 is 0 Å². The Morgan fingerprint density at radius 2 is 1.76 bits per heavy atom. The van der Waals surface area contributed by atoms with Crippen molar-refractivity contribution in [2.75, 3.05) is 0 Å². The molecular weight excluding hydrogens is 312 g/mol. The van der Waals surface area contributed by atoms with Gasteiger partial charge in [-0.25, -0.2) is 0 Å². The van der Waals surface area contributed by atoms with Crippen LogP contribution in [0.15, 0.2) is 0 Å². The van der Waals surface area contributed by atoms with Gasteiger partial charge in [-0.1, -0.05) is 34.1 Å². The highest BCUT2D eigenvalue weighted by Gasteiger charge is 2.71. The molecule has 0 aliphatic heterocycles. The maximum atomic E-state index is 11.9. The topological polar surface area (TPSA) is 46.5 Å². The molecule has 0 amide bonds. The molecule has 7 atom stereocenters. The van der Waals surface area contributed by atoms with Crippen LogP contribution in [0.1, 0.15) is 86.0 Å². The highest BCUT2D eigenvalue weighted by Crippen LogP contribution is 2.76. The first-order valence-electron chi connectivity index (χ1n) is 10.4. The van der Waals surface area contributed by atoms with E-state index in [0.717, 1.165) is 25.7 Å². The number of esters is 1. The van der Waals surface area contributed by atoms with E-state index in [9.17, 15) is 9.90 Å². The lowest BCUT2D eigenvalue weighted by molar-refractivity contribution is -0.231. The molecule has 4 aliphatic rings. The Labute approximate surface area is 152 Å². The van der Waals surface area contributed by atoms with Crippen LogP contribution in [0.5, 0.6) is 0 Å². The van der Waals surface area contributed by atoms with Gasteiger partial charge in [-0.15, -0.1) is 0 Å². The summed E-state index contributed by atoms with van der Waals surface area (Å²) in [5, 5.41) is 10.9. The number of hydrogen-bond acceptors (Lipinski definition) is 3. The Balaban J connectivity index is 1.82. The summed E-state index contributed by atoms with van der Waals surface area (Å²) in [5.74, 6) is 0.780. The largest absolute Gasteiger partial charge is 0.462 e. The molecule has 3 heteroatoms. The van der Waals surface area contributed by atoms with Crippen LogP contribution in [-0.2, 0) is 9.53 Å². The normalized spacial score (nSPS) is 53.7. The van der Waals surface area contributed by atoms with Crippen molar-refractivity contribution in [3.05, 3.63) is 0 Å². The minimum atomic E-state index is -0.247. The molecule has 3 nitrogen and oxygen atoms in total. The van der Waals surface area contributed by atoms with Gasteiger partial charge in [0, 0.05) is 12.8 Å². The molecule has 2 bridgehead atoms. The molecule has 0 saturated heterocycles. The molecular formula is C22H36O3. The van der Waals surface area contributed by atoms with Gasteiger partial charge in [0.2, 0.25) is 0 Å². The summed E-state index contributed by atoms with van der Waals surface area (Å²) in [6.45, 7) is 11.3. The van der Waals surface area contributed by atoms with Crippen LogP contribution in [0, 0.1) is 33.5 Å². The summed E-state index contributed by atoms with van der Waals surface area (Å²) in [4.78, 5) is 11.9. The van der Waals surface area contributed by atoms with E-state index in [4.69, 9.17) is 4.74 Å². The average molecular weight is 349 g/mol. The molecule has 142 valence electrons. The average Bonchev–Trinajstić information content (AvgIpc) is 2.81. The van der Waals surface area contributed by atoms with Gasteiger partial charge in [0.05, 0.1) is 6.10 Å². The maximum absolute atomic E-state index is 11.9. The Morgan fingerprint density at radius 1 is 1.04 bits per heavy atom. The molecule has 4 fully saturated rings. The van der Waals surface area contributed by atoms with Crippen molar-refractivity contribution in [1.82, 2.24) is 0 Å². The highest BCUT2D eigenvalue weighted by molar-refractivity contribution is 5.66. The minimum absolute atomic E-state index is 0.00903. The second-order valence-corrected chi connectivity index (χ2v) is 11.0. The second-order valence-electron chi connectivity index (χ2n) is 11.0. The monoisotopic (exact) mass is 348 g/mol. The molecule has 1 spiro atoms. The first-order chi connectivity index (χ1) is 11.5. The van der Waals surface area contributed by atoms with Crippen molar-refractivity contribution < 1.29 is 14.6 Å². The number of rotatable bonds is 1. The fourth-order valence-electron chi connectivity index (χ4n) is 8.21. The SMILES string of the molecule is CC(=O)O[C@H]1C[C@H]2C(C)(C)CCC[C@]2(C)[C@@]23CC[C@@](C)(C2)[C@@H](O)C[C@H]13. The number of aliphatic hydroxyl groups is 1. The van der Waals surface area contributed by atoms with Gasteiger partial charge in [0.1, 0.15) is 6.10 Å². The smallest absolute Gasteiger partial charge is 0.302 e. The molecule has 4 aliphatic carbocycles. The van der Waals surface area contributed by atoms with Crippen LogP contribution in [0.3, 0.4) is 0 Å². The first-order valence-corrected chi connectivity index (χ1v) is 10.4. The van der Waals surface area contributed by atoms with Crippen molar-refractivity contribution in [2.45, 2.75) is 98.2 Å². The number of hydrogen-bond donors (Lipinski definition) is 1. The van der Waals surface area contributed by atoms with Gasteiger partial charge in [0.25, 0.3) is 0 Å². The fraction of sp³-hybridized carbons (Fsp3) is 0.955. The summed E-state index contributed by atoms with van der Waals surface area (Å²) in [5.41, 5.74) is 0.916. The Kier molecular flexibility index (Phi) is 3.74. The van der Waals surface area contributed by atoms with Crippen LogP contribution in [0.4, 0.5) is 0 Å². The third-order valence-electron chi connectivity index (χ3n) is 9.45. The van der Waals surface area contributed by atoms with E-state index in [0.29, 0.717) is 22.7 Å². The minimum Gasteiger partial charge on any atom is -0.462 e. The predicted octanol–water partition coefficient (Wildman–Crippen LogP) is 4.71. The Bertz CT molecular complexity index is 584. The van der Waals surface area contributed by atoms with Crippen LogP contribution in [0.25, 0.3) is 0 Å². The van der Waals surface area contributed by atoms with Gasteiger partial charge >= 0.3 is 5.97 Å². The van der Waals surface area contributed by atoms with Gasteiger partial charge in [-0.05, 0) is 72.5 Å². The lowest BCUT2D eigenvalue weighted by atomic mass is 9.37. The molecule has 4 rings (SSSR count). The molecule has 1 N–H and O–H groups in total. The van der Waals surface area contributed by atoms with E-state index < -0.39 is 0 Å². The van der Waals surface area contributed by atoms with Crippen LogP contribution < -0.4 is 0 Å². The highest BCUT2D eigenvalue weighted by atomic mass is 16.5. The quantitative estimate of drug-likeness (QED) is 0.698. The van der Waals surface area contributed by atoms with E-state index in [2.05, 4.69) is 27.7 Å². The summed E-state index contributed by atoms with van der Waals surface area (Å²) in [6, 6.07) is 0. The molecule has 4 saturated carbocycles. The molecule has 0 heterocycles. The third-order valence-corrected chi connectivity index (χ3v) is 9.45. The number of carbonyl (C=O) groups excluding carboxylic acids is 1. The lowest BCUT2D eigenvalue weighted by Crippen LogP contribution is -2.64. The van der Waals surface area contributed by atoms with Gasteiger partial charge < -0.3 is 9.84 Å². The standard InChI is InChI=1S/C22H36O3/c1-14(23)25-16-12-17-19(2,3)7-6-8-21(17,5)22-10-9-20(4,13-22)18(24)11-15(16)22/h15-18,24H,6-13H2,1-5H3/t15-,16+,17+,18+,20+,21+,22+/m1/s1. The molecule has 25 heavy (non-hydrogen) atoms. The van der Waals surface area contributed by atoms with Crippen molar-refractivity contribution in [1.29, 1.82) is 0 Å². The summed E-state index contributed by atoms with van der Waals surface area (Å²) in [6.07, 6.45) is 8.88. The van der Waals surface area contributed by atoms with Crippen LogP contribution >= 0.6 is 0 Å². The summed E-state index contributed by atoms with van der Waals surface area (Å²) < 4.78 is 5.92. The second kappa shape index (κ2) is 5.24. The Morgan fingerprint density at radius 3 is 2.44 bits per heavy atom. The number of aliphatic hydroxyl groups excluding tert-OH is 1. The molecule has 0 aromatic carbocycles. The zero-order valence-corrected chi connectivity index (χ0v) is 16.7. The zero-order chi connectivity index (χ0) is 18.3. The van der Waals surface area contributed by atoms with Gasteiger partial charge in [0.15, 0.2) is 0 Å². The molecule has 0 radical (unpaired) electrons. The van der Waals surface area contributed by atoms with Crippen molar-refractivity contribution in [3.63, 3.8) is 0 Å². The van der Waals surface area contributed by atoms with Crippen molar-refractivity contribution >= 4 is 5.97 Å². The van der Waals surface area contributed by atoms with Crippen molar-refractivity contribution in [3.8, 4) is 0 Å².